The molecule has 0 radical (unpaired) electrons. The van der Waals surface area contributed by atoms with Crippen molar-refractivity contribution in [3.63, 3.8) is 0 Å². The van der Waals surface area contributed by atoms with E-state index in [1.54, 1.807) is 18.3 Å². The highest BCUT2D eigenvalue weighted by Gasteiger charge is 2.29. The van der Waals surface area contributed by atoms with Gasteiger partial charge in [0, 0.05) is 42.5 Å². The lowest BCUT2D eigenvalue weighted by molar-refractivity contribution is -0.133. The third kappa shape index (κ3) is 4.69. The van der Waals surface area contributed by atoms with Crippen LogP contribution in [0.1, 0.15) is 66.8 Å². The fourth-order valence-electron chi connectivity index (χ4n) is 5.97. The van der Waals surface area contributed by atoms with Crippen LogP contribution in [0.15, 0.2) is 42.7 Å². The number of aromatic carboxylic acids is 1. The van der Waals surface area contributed by atoms with E-state index >= 15 is 0 Å². The van der Waals surface area contributed by atoms with Crippen molar-refractivity contribution in [2.75, 3.05) is 20.1 Å². The average Bonchev–Trinajstić information content (AvgIpc) is 3.22. The normalized spacial score (nSPS) is 19.2. The van der Waals surface area contributed by atoms with Crippen LogP contribution in [0.2, 0.25) is 0 Å². The summed E-state index contributed by atoms with van der Waals surface area (Å²) < 4.78 is 2.06. The number of fused-ring (bicyclic) bond motifs is 1. The Morgan fingerprint density at radius 3 is 2.66 bits per heavy atom. The number of carboxylic acids is 1. The summed E-state index contributed by atoms with van der Waals surface area (Å²) in [4.78, 5) is 31.8. The number of likely N-dealkylation sites (tertiary alicyclic amines) is 1. The number of hydrogen-bond acceptors (Lipinski definition) is 4. The highest BCUT2D eigenvalue weighted by molar-refractivity contribution is 5.99. The molecule has 0 spiro atoms. The molecule has 1 unspecified atom stereocenters. The molecule has 7 heteroatoms. The molecular weight excluding hydrogens is 440 g/mol. The molecule has 5 rings (SSSR count). The first-order valence-corrected chi connectivity index (χ1v) is 12.8. The van der Waals surface area contributed by atoms with E-state index in [4.69, 9.17) is 0 Å². The Balaban J connectivity index is 1.67. The molecule has 184 valence electrons. The summed E-state index contributed by atoms with van der Waals surface area (Å²) in [5.74, 6) is -0.499. The second kappa shape index (κ2) is 10.2. The largest absolute Gasteiger partial charge is 0.478 e. The van der Waals surface area contributed by atoms with Crippen LogP contribution in [0.4, 0.5) is 0 Å². The third-order valence-corrected chi connectivity index (χ3v) is 7.77. The van der Waals surface area contributed by atoms with E-state index in [9.17, 15) is 14.7 Å². The Bertz CT molecular complexity index is 1210. The molecule has 2 N–H and O–H groups in total. The van der Waals surface area contributed by atoms with Crippen LogP contribution >= 0.6 is 0 Å². The summed E-state index contributed by atoms with van der Waals surface area (Å²) in [6, 6.07) is 9.66. The van der Waals surface area contributed by atoms with Gasteiger partial charge in [-0.3, -0.25) is 9.78 Å². The number of benzene rings is 1. The lowest BCUT2D eigenvalue weighted by Gasteiger charge is -2.33. The molecule has 3 aromatic rings. The molecule has 1 aliphatic carbocycles. The highest BCUT2D eigenvalue weighted by Crippen LogP contribution is 2.44. The highest BCUT2D eigenvalue weighted by atomic mass is 16.4. The zero-order chi connectivity index (χ0) is 24.4. The standard InChI is InChI=1S/C28H34N4O3/c1-29-22-10-6-14-31(17-22)25(33)18-32-24-15-20(28(34)35)11-12-23(24)26(19-7-3-2-4-8-19)27(32)21-9-5-13-30-16-21/h5,9,11-13,15-16,19,22,29H,2-4,6-8,10,14,17-18H2,1H3,(H,34,35). The number of carboxylic acid groups (broad SMARTS) is 1. The first-order valence-electron chi connectivity index (χ1n) is 12.8. The van der Waals surface area contributed by atoms with Crippen molar-refractivity contribution in [3.8, 4) is 11.3 Å². The zero-order valence-electron chi connectivity index (χ0n) is 20.4. The minimum absolute atomic E-state index is 0.0721. The SMILES string of the molecule is CNC1CCCN(C(=O)Cn2c(-c3cccnc3)c(C3CCCCC3)c3ccc(C(=O)O)cc32)C1. The number of rotatable bonds is 6. The number of hydrogen-bond donors (Lipinski definition) is 2. The second-order valence-corrected chi connectivity index (χ2v) is 9.93. The maximum Gasteiger partial charge on any atom is 0.335 e. The Kier molecular flexibility index (Phi) is 6.86. The van der Waals surface area contributed by atoms with Crippen molar-refractivity contribution in [3.05, 3.63) is 53.9 Å². The van der Waals surface area contributed by atoms with Crippen molar-refractivity contribution < 1.29 is 14.7 Å². The van der Waals surface area contributed by atoms with E-state index in [0.29, 0.717) is 18.5 Å². The van der Waals surface area contributed by atoms with Crippen LogP contribution in [0.5, 0.6) is 0 Å². The molecule has 1 amide bonds. The van der Waals surface area contributed by atoms with Gasteiger partial charge in [-0.25, -0.2) is 4.79 Å². The molecule has 35 heavy (non-hydrogen) atoms. The van der Waals surface area contributed by atoms with Crippen molar-refractivity contribution >= 4 is 22.8 Å². The molecular formula is C28H34N4O3. The molecule has 2 aromatic heterocycles. The molecule has 1 saturated carbocycles. The summed E-state index contributed by atoms with van der Waals surface area (Å²) in [5, 5.41) is 14.1. The first kappa shape index (κ1) is 23.5. The van der Waals surface area contributed by atoms with Gasteiger partial charge in [-0.1, -0.05) is 25.3 Å². The number of aromatic nitrogens is 2. The number of carbonyl (C=O) groups excluding carboxylic acids is 1. The third-order valence-electron chi connectivity index (χ3n) is 7.77. The Hall–Kier alpha value is -3.19. The fraction of sp³-hybridized carbons (Fsp3) is 0.464. The van der Waals surface area contributed by atoms with Gasteiger partial charge in [0.25, 0.3) is 0 Å². The van der Waals surface area contributed by atoms with Gasteiger partial charge in [-0.2, -0.15) is 0 Å². The molecule has 1 saturated heterocycles. The molecule has 1 aliphatic heterocycles. The predicted octanol–water partition coefficient (Wildman–Crippen LogP) is 4.66. The van der Waals surface area contributed by atoms with Gasteiger partial charge < -0.3 is 19.9 Å². The number of likely N-dealkylation sites (N-methyl/N-ethyl adjacent to an activating group) is 1. The van der Waals surface area contributed by atoms with Gasteiger partial charge >= 0.3 is 5.97 Å². The summed E-state index contributed by atoms with van der Waals surface area (Å²) in [6.07, 6.45) is 11.5. The van der Waals surface area contributed by atoms with Gasteiger partial charge in [-0.05, 0) is 68.5 Å². The topological polar surface area (TPSA) is 87.5 Å². The van der Waals surface area contributed by atoms with Crippen LogP contribution < -0.4 is 5.32 Å². The lowest BCUT2D eigenvalue weighted by atomic mass is 9.82. The number of piperidine rings is 1. The van der Waals surface area contributed by atoms with Gasteiger partial charge in [0.05, 0.1) is 16.8 Å². The zero-order valence-corrected chi connectivity index (χ0v) is 20.4. The summed E-state index contributed by atoms with van der Waals surface area (Å²) in [7, 11) is 1.95. The number of nitrogens with one attached hydrogen (secondary N) is 1. The average molecular weight is 475 g/mol. The number of pyridine rings is 1. The van der Waals surface area contributed by atoms with Gasteiger partial charge in [0.2, 0.25) is 5.91 Å². The number of carbonyl (C=O) groups is 2. The van der Waals surface area contributed by atoms with Crippen LogP contribution in [0, 0.1) is 0 Å². The minimum atomic E-state index is -0.957. The summed E-state index contributed by atoms with van der Waals surface area (Å²) in [6.45, 7) is 1.65. The van der Waals surface area contributed by atoms with E-state index in [2.05, 4.69) is 14.9 Å². The molecule has 1 aromatic carbocycles. The predicted molar refractivity (Wildman–Crippen MR) is 137 cm³/mol. The fourth-order valence-corrected chi connectivity index (χ4v) is 5.97. The maximum atomic E-state index is 13.6. The summed E-state index contributed by atoms with van der Waals surface area (Å²) in [5.41, 5.74) is 4.28. The van der Waals surface area contributed by atoms with E-state index in [0.717, 1.165) is 54.4 Å². The lowest BCUT2D eigenvalue weighted by Crippen LogP contribution is -2.47. The molecule has 2 aliphatic rings. The molecule has 3 heterocycles. The molecule has 0 bridgehead atoms. The van der Waals surface area contributed by atoms with Crippen LogP contribution in [0.25, 0.3) is 22.2 Å². The van der Waals surface area contributed by atoms with Gasteiger partial charge in [-0.15, -0.1) is 0 Å². The van der Waals surface area contributed by atoms with Crippen molar-refractivity contribution in [2.45, 2.75) is 63.5 Å². The number of nitrogens with zero attached hydrogens (tertiary/aromatic N) is 3. The van der Waals surface area contributed by atoms with Crippen LogP contribution in [0.3, 0.4) is 0 Å². The summed E-state index contributed by atoms with van der Waals surface area (Å²) >= 11 is 0. The Morgan fingerprint density at radius 1 is 1.11 bits per heavy atom. The van der Waals surface area contributed by atoms with E-state index in [1.807, 2.05) is 36.3 Å². The quantitative estimate of drug-likeness (QED) is 0.543. The van der Waals surface area contributed by atoms with Crippen molar-refractivity contribution in [2.24, 2.45) is 0 Å². The number of amides is 1. The van der Waals surface area contributed by atoms with Crippen molar-refractivity contribution in [1.82, 2.24) is 19.8 Å². The molecule has 1 atom stereocenters. The second-order valence-electron chi connectivity index (χ2n) is 9.93. The Labute approximate surface area is 206 Å². The van der Waals surface area contributed by atoms with Crippen LogP contribution in [-0.4, -0.2) is 57.6 Å². The minimum Gasteiger partial charge on any atom is -0.478 e. The monoisotopic (exact) mass is 474 g/mol. The van der Waals surface area contributed by atoms with E-state index in [-0.39, 0.29) is 18.0 Å². The first-order chi connectivity index (χ1) is 17.1. The Morgan fingerprint density at radius 2 is 1.94 bits per heavy atom. The van der Waals surface area contributed by atoms with E-state index < -0.39 is 5.97 Å². The smallest absolute Gasteiger partial charge is 0.335 e. The van der Waals surface area contributed by atoms with Crippen molar-refractivity contribution in [1.29, 1.82) is 0 Å². The van der Waals surface area contributed by atoms with Crippen LogP contribution in [-0.2, 0) is 11.3 Å². The van der Waals surface area contributed by atoms with Gasteiger partial charge in [0.15, 0.2) is 0 Å². The molecule has 7 nitrogen and oxygen atoms in total. The van der Waals surface area contributed by atoms with E-state index in [1.165, 1.54) is 24.8 Å². The maximum absolute atomic E-state index is 13.6. The van der Waals surface area contributed by atoms with Gasteiger partial charge in [0.1, 0.15) is 6.54 Å². The molecule has 2 fully saturated rings.